The van der Waals surface area contributed by atoms with Crippen molar-refractivity contribution >= 4 is 23.2 Å². The Bertz CT molecular complexity index is 965. The summed E-state index contributed by atoms with van der Waals surface area (Å²) in [6.07, 6.45) is 4.21. The van der Waals surface area contributed by atoms with Crippen LogP contribution in [0.5, 0.6) is 0 Å². The van der Waals surface area contributed by atoms with Gasteiger partial charge in [0.1, 0.15) is 0 Å². The first-order chi connectivity index (χ1) is 12.7. The standard InChI is InChI=1S/C18H16N4O3S/c23-17(20-25)15-10-12-5-8-21(11-16(12)26-15)18(24)13-3-1-4-14(9-13)22-7-2-6-19-22/h1-4,6-7,9-10,25H,5,8,11H2,(H,20,23). The first-order valence-electron chi connectivity index (χ1n) is 8.11. The summed E-state index contributed by atoms with van der Waals surface area (Å²) in [5.74, 6) is -0.569. The van der Waals surface area contributed by atoms with Gasteiger partial charge in [0.15, 0.2) is 0 Å². The van der Waals surface area contributed by atoms with Crippen molar-refractivity contribution in [2.45, 2.75) is 13.0 Å². The summed E-state index contributed by atoms with van der Waals surface area (Å²) in [6.45, 7) is 1.05. The molecule has 26 heavy (non-hydrogen) atoms. The third-order valence-electron chi connectivity index (χ3n) is 4.36. The van der Waals surface area contributed by atoms with Gasteiger partial charge in [0.2, 0.25) is 0 Å². The molecule has 1 aliphatic rings. The van der Waals surface area contributed by atoms with Crippen molar-refractivity contribution in [2.24, 2.45) is 0 Å². The molecule has 2 aromatic heterocycles. The van der Waals surface area contributed by atoms with E-state index < -0.39 is 5.91 Å². The third kappa shape index (κ3) is 3.00. The molecule has 7 nitrogen and oxygen atoms in total. The van der Waals surface area contributed by atoms with Gasteiger partial charge >= 0.3 is 0 Å². The Morgan fingerprint density at radius 3 is 2.88 bits per heavy atom. The van der Waals surface area contributed by atoms with E-state index in [1.54, 1.807) is 33.4 Å². The number of benzene rings is 1. The minimum Gasteiger partial charge on any atom is -0.333 e. The largest absolute Gasteiger partial charge is 0.333 e. The van der Waals surface area contributed by atoms with Crippen molar-refractivity contribution in [3.8, 4) is 5.69 Å². The first kappa shape index (κ1) is 16.5. The fraction of sp³-hybridized carbons (Fsp3) is 0.167. The zero-order valence-corrected chi connectivity index (χ0v) is 14.6. The van der Waals surface area contributed by atoms with Crippen LogP contribution in [-0.4, -0.2) is 38.2 Å². The minimum atomic E-state index is -0.519. The van der Waals surface area contributed by atoms with Gasteiger partial charge in [0, 0.05) is 29.4 Å². The molecule has 1 aliphatic heterocycles. The number of fused-ring (bicyclic) bond motifs is 1. The summed E-state index contributed by atoms with van der Waals surface area (Å²) in [5, 5.41) is 13.0. The number of rotatable bonds is 3. The molecule has 0 saturated carbocycles. The Hall–Kier alpha value is -2.97. The van der Waals surface area contributed by atoms with E-state index in [9.17, 15) is 9.59 Å². The van der Waals surface area contributed by atoms with Crippen molar-refractivity contribution in [2.75, 3.05) is 6.54 Å². The number of carbonyl (C=O) groups is 2. The number of aromatic nitrogens is 2. The molecule has 0 unspecified atom stereocenters. The maximum absolute atomic E-state index is 12.9. The first-order valence-corrected chi connectivity index (χ1v) is 8.93. The van der Waals surface area contributed by atoms with E-state index in [4.69, 9.17) is 5.21 Å². The van der Waals surface area contributed by atoms with E-state index in [1.807, 2.05) is 30.5 Å². The molecule has 0 atom stereocenters. The van der Waals surface area contributed by atoms with Crippen LogP contribution < -0.4 is 5.48 Å². The lowest BCUT2D eigenvalue weighted by Crippen LogP contribution is -2.35. The molecule has 1 aromatic carbocycles. The summed E-state index contributed by atoms with van der Waals surface area (Å²) >= 11 is 1.31. The van der Waals surface area contributed by atoms with Gasteiger partial charge in [-0.25, -0.2) is 10.2 Å². The summed E-state index contributed by atoms with van der Waals surface area (Å²) in [4.78, 5) is 27.7. The van der Waals surface area contributed by atoms with Gasteiger partial charge in [-0.3, -0.25) is 14.8 Å². The monoisotopic (exact) mass is 368 g/mol. The number of thiophene rings is 1. The molecule has 0 saturated heterocycles. The lowest BCUT2D eigenvalue weighted by molar-refractivity contribution is 0.0709. The molecule has 2 amide bonds. The van der Waals surface area contributed by atoms with Gasteiger partial charge in [-0.2, -0.15) is 5.10 Å². The second-order valence-electron chi connectivity index (χ2n) is 5.98. The summed E-state index contributed by atoms with van der Waals surface area (Å²) < 4.78 is 1.71. The van der Waals surface area contributed by atoms with Crippen LogP contribution in [0.3, 0.4) is 0 Å². The van der Waals surface area contributed by atoms with Crippen LogP contribution in [-0.2, 0) is 13.0 Å². The number of nitrogens with zero attached hydrogens (tertiary/aromatic N) is 3. The fourth-order valence-corrected chi connectivity index (χ4v) is 4.16. The molecule has 0 radical (unpaired) electrons. The maximum Gasteiger partial charge on any atom is 0.284 e. The zero-order chi connectivity index (χ0) is 18.1. The van der Waals surface area contributed by atoms with E-state index in [0.29, 0.717) is 30.0 Å². The van der Waals surface area contributed by atoms with E-state index in [0.717, 1.165) is 16.1 Å². The molecular weight excluding hydrogens is 352 g/mol. The van der Waals surface area contributed by atoms with Crippen LogP contribution in [0, 0.1) is 0 Å². The third-order valence-corrected chi connectivity index (χ3v) is 5.52. The molecule has 0 bridgehead atoms. The highest BCUT2D eigenvalue weighted by atomic mass is 32.1. The summed E-state index contributed by atoms with van der Waals surface area (Å²) in [5.41, 5.74) is 4.14. The lowest BCUT2D eigenvalue weighted by atomic mass is 10.1. The second-order valence-corrected chi connectivity index (χ2v) is 7.11. The molecule has 3 aromatic rings. The average molecular weight is 368 g/mol. The molecule has 0 spiro atoms. The Labute approximate surface area is 153 Å². The van der Waals surface area contributed by atoms with Gasteiger partial charge < -0.3 is 4.90 Å². The summed E-state index contributed by atoms with van der Waals surface area (Å²) in [6, 6.07) is 11.0. The van der Waals surface area contributed by atoms with Gasteiger partial charge in [0.05, 0.1) is 17.1 Å². The quantitative estimate of drug-likeness (QED) is 0.548. The molecule has 132 valence electrons. The smallest absolute Gasteiger partial charge is 0.284 e. The Morgan fingerprint density at radius 2 is 2.12 bits per heavy atom. The van der Waals surface area contributed by atoms with E-state index in [-0.39, 0.29) is 5.91 Å². The van der Waals surface area contributed by atoms with Crippen molar-refractivity contribution in [1.82, 2.24) is 20.2 Å². The lowest BCUT2D eigenvalue weighted by Gasteiger charge is -2.27. The van der Waals surface area contributed by atoms with Crippen LogP contribution in [0.2, 0.25) is 0 Å². The number of carbonyl (C=O) groups excluding carboxylic acids is 2. The highest BCUT2D eigenvalue weighted by Gasteiger charge is 2.25. The summed E-state index contributed by atoms with van der Waals surface area (Å²) in [7, 11) is 0. The second kappa shape index (κ2) is 6.74. The molecule has 0 fully saturated rings. The number of nitrogens with one attached hydrogen (secondary N) is 1. The maximum atomic E-state index is 12.9. The number of hydrogen-bond acceptors (Lipinski definition) is 5. The highest BCUT2D eigenvalue weighted by Crippen LogP contribution is 2.29. The van der Waals surface area contributed by atoms with E-state index >= 15 is 0 Å². The number of amides is 2. The van der Waals surface area contributed by atoms with Crippen LogP contribution in [0.1, 0.15) is 30.5 Å². The van der Waals surface area contributed by atoms with Crippen molar-refractivity contribution in [3.05, 3.63) is 69.7 Å². The van der Waals surface area contributed by atoms with Gasteiger partial charge in [-0.15, -0.1) is 11.3 Å². The van der Waals surface area contributed by atoms with Crippen molar-refractivity contribution in [3.63, 3.8) is 0 Å². The SMILES string of the molecule is O=C(NO)c1cc2c(s1)CN(C(=O)c1cccc(-n3cccn3)c1)CC2. The van der Waals surface area contributed by atoms with Crippen molar-refractivity contribution in [1.29, 1.82) is 0 Å². The molecular formula is C18H16N4O3S. The van der Waals surface area contributed by atoms with E-state index in [1.165, 1.54) is 11.3 Å². The van der Waals surface area contributed by atoms with Crippen LogP contribution in [0.4, 0.5) is 0 Å². The molecule has 4 rings (SSSR count). The Morgan fingerprint density at radius 1 is 1.23 bits per heavy atom. The topological polar surface area (TPSA) is 87.5 Å². The molecule has 3 heterocycles. The van der Waals surface area contributed by atoms with Crippen LogP contribution >= 0.6 is 11.3 Å². The predicted molar refractivity (Wildman–Crippen MR) is 95.6 cm³/mol. The normalized spacial score (nSPS) is 13.3. The Balaban J connectivity index is 1.55. The fourth-order valence-electron chi connectivity index (χ4n) is 3.05. The number of hydroxylamine groups is 1. The minimum absolute atomic E-state index is 0.0498. The zero-order valence-electron chi connectivity index (χ0n) is 13.8. The van der Waals surface area contributed by atoms with E-state index in [2.05, 4.69) is 5.10 Å². The Kier molecular flexibility index (Phi) is 4.27. The predicted octanol–water partition coefficient (Wildman–Crippen LogP) is 2.25. The molecule has 8 heteroatoms. The average Bonchev–Trinajstić information content (AvgIpc) is 3.36. The van der Waals surface area contributed by atoms with Gasteiger partial charge in [-0.1, -0.05) is 6.07 Å². The molecule has 2 N–H and O–H groups in total. The number of hydrogen-bond donors (Lipinski definition) is 2. The van der Waals surface area contributed by atoms with Crippen LogP contribution in [0.15, 0.2) is 48.8 Å². The van der Waals surface area contributed by atoms with Crippen molar-refractivity contribution < 1.29 is 14.8 Å². The molecule has 0 aliphatic carbocycles. The van der Waals surface area contributed by atoms with Gasteiger partial charge in [0.25, 0.3) is 11.8 Å². The highest BCUT2D eigenvalue weighted by molar-refractivity contribution is 7.14. The van der Waals surface area contributed by atoms with Crippen LogP contribution in [0.25, 0.3) is 5.69 Å². The van der Waals surface area contributed by atoms with Gasteiger partial charge in [-0.05, 0) is 42.3 Å².